The molecule has 0 aromatic heterocycles. The molecule has 0 amide bonds. The molecule has 0 aliphatic heterocycles. The van der Waals surface area contributed by atoms with Gasteiger partial charge in [0.25, 0.3) is 0 Å². The summed E-state index contributed by atoms with van der Waals surface area (Å²) >= 11 is 3.47. The Kier molecular flexibility index (Phi) is 3.40. The largest absolute Gasteiger partial charge is 0.495 e. The summed E-state index contributed by atoms with van der Waals surface area (Å²) in [6.45, 7) is 2.08. The van der Waals surface area contributed by atoms with E-state index in [1.54, 1.807) is 7.11 Å². The van der Waals surface area contributed by atoms with Crippen molar-refractivity contribution in [2.75, 3.05) is 12.4 Å². The zero-order chi connectivity index (χ0) is 11.7. The van der Waals surface area contributed by atoms with Gasteiger partial charge in [0.2, 0.25) is 0 Å². The molecule has 0 bridgehead atoms. The minimum Gasteiger partial charge on any atom is -0.495 e. The number of benzene rings is 1. The smallest absolute Gasteiger partial charge is 0.143 e. The molecule has 1 saturated carbocycles. The molecule has 0 saturated heterocycles. The van der Waals surface area contributed by atoms with Crippen LogP contribution in [0.5, 0.6) is 5.75 Å². The van der Waals surface area contributed by atoms with Crippen LogP contribution in [0.2, 0.25) is 0 Å². The third-order valence-corrected chi connectivity index (χ3v) is 3.46. The van der Waals surface area contributed by atoms with Crippen LogP contribution in [0.1, 0.15) is 18.4 Å². The maximum atomic E-state index is 5.78. The fraction of sp³-hybridized carbons (Fsp3) is 0.500. The first-order valence-electron chi connectivity index (χ1n) is 5.46. The van der Waals surface area contributed by atoms with Gasteiger partial charge in [0.05, 0.1) is 12.8 Å². The van der Waals surface area contributed by atoms with E-state index in [1.165, 1.54) is 5.56 Å². The SMILES string of the molecule is COc1cc(Br)cc(C)c1NC1CC(N)C1. The van der Waals surface area contributed by atoms with Crippen LogP contribution in [-0.2, 0) is 0 Å². The highest BCUT2D eigenvalue weighted by Crippen LogP contribution is 2.34. The Morgan fingerprint density at radius 1 is 1.44 bits per heavy atom. The Balaban J connectivity index is 2.18. The van der Waals surface area contributed by atoms with Crippen molar-refractivity contribution >= 4 is 21.6 Å². The summed E-state index contributed by atoms with van der Waals surface area (Å²) in [5, 5.41) is 3.50. The first kappa shape index (κ1) is 11.7. The molecule has 1 aliphatic carbocycles. The lowest BCUT2D eigenvalue weighted by Crippen LogP contribution is -2.44. The van der Waals surface area contributed by atoms with Crippen LogP contribution in [0.4, 0.5) is 5.69 Å². The van der Waals surface area contributed by atoms with Gasteiger partial charge in [-0.3, -0.25) is 0 Å². The predicted octanol–water partition coefficient (Wildman–Crippen LogP) is 2.67. The number of nitrogens with one attached hydrogen (secondary N) is 1. The number of rotatable bonds is 3. The summed E-state index contributed by atoms with van der Waals surface area (Å²) in [6, 6.07) is 4.92. The number of nitrogens with two attached hydrogens (primary N) is 1. The van der Waals surface area contributed by atoms with Crippen molar-refractivity contribution in [1.29, 1.82) is 0 Å². The number of anilines is 1. The molecule has 0 atom stereocenters. The zero-order valence-electron chi connectivity index (χ0n) is 9.59. The Bertz CT molecular complexity index is 389. The van der Waals surface area contributed by atoms with Crippen molar-refractivity contribution in [3.8, 4) is 5.75 Å². The van der Waals surface area contributed by atoms with Gasteiger partial charge in [0.1, 0.15) is 5.75 Å². The summed E-state index contributed by atoms with van der Waals surface area (Å²) < 4.78 is 6.42. The Morgan fingerprint density at radius 2 is 2.12 bits per heavy atom. The minimum absolute atomic E-state index is 0.360. The molecule has 88 valence electrons. The third kappa shape index (κ3) is 2.33. The molecule has 1 aromatic carbocycles. The molecular weight excluding hydrogens is 268 g/mol. The van der Waals surface area contributed by atoms with Gasteiger partial charge in [-0.15, -0.1) is 0 Å². The number of hydrogen-bond acceptors (Lipinski definition) is 3. The van der Waals surface area contributed by atoms with Crippen molar-refractivity contribution in [2.45, 2.75) is 31.8 Å². The molecule has 2 rings (SSSR count). The molecule has 1 aromatic rings. The van der Waals surface area contributed by atoms with Crippen LogP contribution >= 0.6 is 15.9 Å². The molecule has 16 heavy (non-hydrogen) atoms. The first-order valence-corrected chi connectivity index (χ1v) is 6.25. The molecule has 0 spiro atoms. The summed E-state index contributed by atoms with van der Waals surface area (Å²) in [5.41, 5.74) is 8.05. The molecule has 1 fully saturated rings. The molecule has 0 unspecified atom stereocenters. The lowest BCUT2D eigenvalue weighted by molar-refractivity contribution is 0.369. The fourth-order valence-corrected chi connectivity index (χ4v) is 2.59. The van der Waals surface area contributed by atoms with Crippen LogP contribution in [0.15, 0.2) is 16.6 Å². The van der Waals surface area contributed by atoms with E-state index in [0.29, 0.717) is 12.1 Å². The summed E-state index contributed by atoms with van der Waals surface area (Å²) in [5.74, 6) is 0.882. The number of ether oxygens (including phenoxy) is 1. The Morgan fingerprint density at radius 3 is 2.69 bits per heavy atom. The highest BCUT2D eigenvalue weighted by molar-refractivity contribution is 9.10. The molecule has 3 nitrogen and oxygen atoms in total. The normalized spacial score (nSPS) is 23.8. The Hall–Kier alpha value is -0.740. The van der Waals surface area contributed by atoms with Crippen molar-refractivity contribution in [3.63, 3.8) is 0 Å². The van der Waals surface area contributed by atoms with Gasteiger partial charge in [-0.25, -0.2) is 0 Å². The van der Waals surface area contributed by atoms with Gasteiger partial charge in [0.15, 0.2) is 0 Å². The Labute approximate surface area is 104 Å². The first-order chi connectivity index (χ1) is 7.60. The molecule has 4 heteroatoms. The van der Waals surface area contributed by atoms with E-state index in [2.05, 4.69) is 34.2 Å². The molecule has 3 N–H and O–H groups in total. The average molecular weight is 285 g/mol. The number of methoxy groups -OCH3 is 1. The monoisotopic (exact) mass is 284 g/mol. The van der Waals surface area contributed by atoms with Crippen molar-refractivity contribution in [2.24, 2.45) is 5.73 Å². The van der Waals surface area contributed by atoms with Gasteiger partial charge in [-0.1, -0.05) is 15.9 Å². The second-order valence-electron chi connectivity index (χ2n) is 4.37. The standard InChI is InChI=1S/C12H17BrN2O/c1-7-3-8(13)4-11(16-2)12(7)15-10-5-9(14)6-10/h3-4,9-10,15H,5-6,14H2,1-2H3. The second-order valence-corrected chi connectivity index (χ2v) is 5.29. The zero-order valence-corrected chi connectivity index (χ0v) is 11.2. The maximum absolute atomic E-state index is 5.78. The van der Waals surface area contributed by atoms with E-state index in [9.17, 15) is 0 Å². The van der Waals surface area contributed by atoms with Crippen LogP contribution in [0.3, 0.4) is 0 Å². The van der Waals surface area contributed by atoms with E-state index in [0.717, 1.165) is 28.8 Å². The van der Waals surface area contributed by atoms with E-state index >= 15 is 0 Å². The van der Waals surface area contributed by atoms with Crippen LogP contribution in [0.25, 0.3) is 0 Å². The van der Waals surface area contributed by atoms with Crippen LogP contribution in [0, 0.1) is 6.92 Å². The molecule has 1 aliphatic rings. The van der Waals surface area contributed by atoms with Gasteiger partial charge in [-0.2, -0.15) is 0 Å². The van der Waals surface area contributed by atoms with Gasteiger partial charge < -0.3 is 15.8 Å². The average Bonchev–Trinajstić information content (AvgIpc) is 2.18. The highest BCUT2D eigenvalue weighted by Gasteiger charge is 2.26. The molecule has 0 heterocycles. The van der Waals surface area contributed by atoms with Crippen LogP contribution in [-0.4, -0.2) is 19.2 Å². The number of aryl methyl sites for hydroxylation is 1. The summed E-state index contributed by atoms with van der Waals surface area (Å²) in [6.07, 6.45) is 2.08. The van der Waals surface area contributed by atoms with Crippen molar-refractivity contribution in [1.82, 2.24) is 0 Å². The lowest BCUT2D eigenvalue weighted by atomic mass is 9.87. The van der Waals surface area contributed by atoms with Gasteiger partial charge >= 0.3 is 0 Å². The molecule has 0 radical (unpaired) electrons. The topological polar surface area (TPSA) is 47.3 Å². The quantitative estimate of drug-likeness (QED) is 0.897. The summed E-state index contributed by atoms with van der Waals surface area (Å²) in [7, 11) is 1.69. The highest BCUT2D eigenvalue weighted by atomic mass is 79.9. The van der Waals surface area contributed by atoms with Crippen molar-refractivity contribution < 1.29 is 4.74 Å². The van der Waals surface area contributed by atoms with Crippen molar-refractivity contribution in [3.05, 3.63) is 22.2 Å². The number of hydrogen-bond donors (Lipinski definition) is 2. The molecular formula is C12H17BrN2O. The maximum Gasteiger partial charge on any atom is 0.143 e. The van der Waals surface area contributed by atoms with E-state index in [-0.39, 0.29) is 0 Å². The fourth-order valence-electron chi connectivity index (χ4n) is 2.04. The van der Waals surface area contributed by atoms with E-state index < -0.39 is 0 Å². The second kappa shape index (κ2) is 4.63. The minimum atomic E-state index is 0.360. The number of halogens is 1. The van der Waals surface area contributed by atoms with Gasteiger partial charge in [-0.05, 0) is 37.5 Å². The van der Waals surface area contributed by atoms with E-state index in [1.807, 2.05) is 6.07 Å². The van der Waals surface area contributed by atoms with Crippen LogP contribution < -0.4 is 15.8 Å². The predicted molar refractivity (Wildman–Crippen MR) is 70.1 cm³/mol. The third-order valence-electron chi connectivity index (χ3n) is 3.01. The van der Waals surface area contributed by atoms with E-state index in [4.69, 9.17) is 10.5 Å². The summed E-state index contributed by atoms with van der Waals surface area (Å²) in [4.78, 5) is 0. The van der Waals surface area contributed by atoms with Gasteiger partial charge in [0, 0.05) is 16.6 Å². The lowest BCUT2D eigenvalue weighted by Gasteiger charge is -2.34.